The molecule has 0 heterocycles. The van der Waals surface area contributed by atoms with Crippen LogP contribution in [0.5, 0.6) is 0 Å². The first-order valence-electron chi connectivity index (χ1n) is 5.64. The standard InChI is InChI=1S/C14H13FN2O/c15-12-6-4-11(5-7-12)14(18)17-13-3-1-2-10(8-13)9-16/h1-8H,9,16H2,(H,17,18)/p+1. The fourth-order valence-corrected chi connectivity index (χ4v) is 1.61. The highest BCUT2D eigenvalue weighted by Crippen LogP contribution is 2.12. The van der Waals surface area contributed by atoms with Crippen molar-refractivity contribution in [1.29, 1.82) is 0 Å². The van der Waals surface area contributed by atoms with Crippen molar-refractivity contribution in [3.05, 3.63) is 65.5 Å². The number of anilines is 1. The molecule has 0 bridgehead atoms. The molecule has 92 valence electrons. The van der Waals surface area contributed by atoms with Crippen molar-refractivity contribution in [1.82, 2.24) is 0 Å². The molecule has 0 aliphatic heterocycles. The summed E-state index contributed by atoms with van der Waals surface area (Å²) in [6, 6.07) is 12.9. The van der Waals surface area contributed by atoms with E-state index in [1.165, 1.54) is 24.3 Å². The van der Waals surface area contributed by atoms with Crippen molar-refractivity contribution in [2.24, 2.45) is 0 Å². The van der Waals surface area contributed by atoms with Crippen LogP contribution < -0.4 is 11.1 Å². The highest BCUT2D eigenvalue weighted by molar-refractivity contribution is 6.04. The zero-order chi connectivity index (χ0) is 13.0. The third-order valence-electron chi connectivity index (χ3n) is 2.58. The maximum atomic E-state index is 12.7. The van der Waals surface area contributed by atoms with Gasteiger partial charge in [0.15, 0.2) is 0 Å². The van der Waals surface area contributed by atoms with Crippen LogP contribution >= 0.6 is 0 Å². The minimum atomic E-state index is -0.356. The van der Waals surface area contributed by atoms with Crippen molar-refractivity contribution in [2.75, 3.05) is 5.32 Å². The fourth-order valence-electron chi connectivity index (χ4n) is 1.61. The number of rotatable bonds is 3. The van der Waals surface area contributed by atoms with E-state index in [9.17, 15) is 9.18 Å². The van der Waals surface area contributed by atoms with Crippen LogP contribution in [-0.4, -0.2) is 5.91 Å². The molecule has 0 atom stereocenters. The van der Waals surface area contributed by atoms with E-state index < -0.39 is 0 Å². The molecule has 2 aromatic rings. The summed E-state index contributed by atoms with van der Waals surface area (Å²) in [5.74, 6) is -0.609. The molecule has 0 saturated heterocycles. The van der Waals surface area contributed by atoms with Gasteiger partial charge in [-0.05, 0) is 36.4 Å². The zero-order valence-corrected chi connectivity index (χ0v) is 9.82. The molecular formula is C14H14FN2O+. The van der Waals surface area contributed by atoms with Gasteiger partial charge in [-0.3, -0.25) is 4.79 Å². The molecule has 0 saturated carbocycles. The lowest BCUT2D eigenvalue weighted by atomic mass is 10.1. The van der Waals surface area contributed by atoms with E-state index in [-0.39, 0.29) is 11.7 Å². The molecule has 4 N–H and O–H groups in total. The topological polar surface area (TPSA) is 56.7 Å². The number of nitrogens with one attached hydrogen (secondary N) is 1. The third kappa shape index (κ3) is 2.93. The quantitative estimate of drug-likeness (QED) is 0.851. The first-order valence-corrected chi connectivity index (χ1v) is 5.64. The number of carbonyl (C=O) groups excluding carboxylic acids is 1. The predicted octanol–water partition coefficient (Wildman–Crippen LogP) is 1.82. The Kier molecular flexibility index (Phi) is 3.69. The molecule has 18 heavy (non-hydrogen) atoms. The second-order valence-corrected chi connectivity index (χ2v) is 3.91. The molecule has 0 aromatic heterocycles. The van der Waals surface area contributed by atoms with Gasteiger partial charge in [0.25, 0.3) is 5.91 Å². The lowest BCUT2D eigenvalue weighted by molar-refractivity contribution is -0.386. The molecule has 0 aliphatic rings. The van der Waals surface area contributed by atoms with Gasteiger partial charge in [-0.25, -0.2) is 4.39 Å². The molecule has 0 aliphatic carbocycles. The molecule has 0 fully saturated rings. The van der Waals surface area contributed by atoms with Crippen molar-refractivity contribution >= 4 is 11.6 Å². The number of amides is 1. The Morgan fingerprint density at radius 3 is 2.56 bits per heavy atom. The number of benzene rings is 2. The van der Waals surface area contributed by atoms with Gasteiger partial charge < -0.3 is 11.1 Å². The molecule has 3 nitrogen and oxygen atoms in total. The molecule has 0 unspecified atom stereocenters. The van der Waals surface area contributed by atoms with Gasteiger partial charge >= 0.3 is 0 Å². The number of quaternary nitrogens is 1. The van der Waals surface area contributed by atoms with Crippen molar-refractivity contribution in [3.8, 4) is 0 Å². The summed E-state index contributed by atoms with van der Waals surface area (Å²) >= 11 is 0. The highest BCUT2D eigenvalue weighted by Gasteiger charge is 2.06. The lowest BCUT2D eigenvalue weighted by Crippen LogP contribution is -2.47. The van der Waals surface area contributed by atoms with Crippen LogP contribution in [0.3, 0.4) is 0 Å². The van der Waals surface area contributed by atoms with Gasteiger partial charge in [-0.1, -0.05) is 12.1 Å². The summed E-state index contributed by atoms with van der Waals surface area (Å²) in [6.45, 7) is 0.667. The van der Waals surface area contributed by atoms with Crippen molar-refractivity contribution < 1.29 is 14.9 Å². The van der Waals surface area contributed by atoms with E-state index >= 15 is 0 Å². The molecule has 1 amide bonds. The van der Waals surface area contributed by atoms with E-state index in [4.69, 9.17) is 0 Å². The van der Waals surface area contributed by atoms with Gasteiger partial charge in [-0.2, -0.15) is 0 Å². The van der Waals surface area contributed by atoms with Crippen LogP contribution in [0, 0.1) is 5.82 Å². The van der Waals surface area contributed by atoms with Gasteiger partial charge in [0.1, 0.15) is 5.82 Å². The number of halogens is 1. The van der Waals surface area contributed by atoms with Crippen molar-refractivity contribution in [2.45, 2.75) is 6.54 Å². The smallest absolute Gasteiger partial charge is 0.255 e. The second-order valence-electron chi connectivity index (χ2n) is 3.91. The number of carbonyl (C=O) groups is 1. The predicted molar refractivity (Wildman–Crippen MR) is 67.4 cm³/mol. The summed E-state index contributed by atoms with van der Waals surface area (Å²) in [6.07, 6.45) is 0. The van der Waals surface area contributed by atoms with Crippen LogP contribution in [0.25, 0.3) is 0 Å². The third-order valence-corrected chi connectivity index (χ3v) is 2.58. The second kappa shape index (κ2) is 5.42. The molecule has 0 radical (unpaired) electrons. The fraction of sp³-hybridized carbons (Fsp3) is 0.0714. The summed E-state index contributed by atoms with van der Waals surface area (Å²) in [5, 5.41) is 2.76. The number of hydrogen-bond acceptors (Lipinski definition) is 1. The Hall–Kier alpha value is -2.20. The minimum absolute atomic E-state index is 0.254. The Morgan fingerprint density at radius 2 is 1.89 bits per heavy atom. The van der Waals surface area contributed by atoms with Gasteiger partial charge in [0.2, 0.25) is 0 Å². The van der Waals surface area contributed by atoms with Crippen LogP contribution in [-0.2, 0) is 6.54 Å². The SMILES string of the molecule is [NH3+]Cc1cccc(NC(=O)c2ccc(F)cc2)c1. The summed E-state index contributed by atoms with van der Waals surface area (Å²) in [7, 11) is 0. The van der Waals surface area contributed by atoms with E-state index in [1.807, 2.05) is 18.2 Å². The normalized spacial score (nSPS) is 10.1. The van der Waals surface area contributed by atoms with Gasteiger partial charge in [-0.15, -0.1) is 0 Å². The summed E-state index contributed by atoms with van der Waals surface area (Å²) in [4.78, 5) is 11.9. The first kappa shape index (κ1) is 12.3. The first-order chi connectivity index (χ1) is 8.69. The zero-order valence-electron chi connectivity index (χ0n) is 9.82. The molecule has 0 spiro atoms. The van der Waals surface area contributed by atoms with E-state index in [1.54, 1.807) is 6.07 Å². The molecule has 2 aromatic carbocycles. The average molecular weight is 245 g/mol. The van der Waals surface area contributed by atoms with E-state index in [0.29, 0.717) is 17.8 Å². The highest BCUT2D eigenvalue weighted by atomic mass is 19.1. The maximum Gasteiger partial charge on any atom is 0.255 e. The molecular weight excluding hydrogens is 231 g/mol. The summed E-state index contributed by atoms with van der Waals surface area (Å²) < 4.78 is 12.7. The van der Waals surface area contributed by atoms with Gasteiger partial charge in [0.05, 0.1) is 6.54 Å². The lowest BCUT2D eigenvalue weighted by Gasteiger charge is -2.06. The van der Waals surface area contributed by atoms with Crippen molar-refractivity contribution in [3.63, 3.8) is 0 Å². The van der Waals surface area contributed by atoms with E-state index in [0.717, 1.165) is 5.56 Å². The maximum absolute atomic E-state index is 12.7. The minimum Gasteiger partial charge on any atom is -0.354 e. The average Bonchev–Trinajstić information content (AvgIpc) is 2.39. The van der Waals surface area contributed by atoms with Gasteiger partial charge in [0, 0.05) is 16.8 Å². The Bertz CT molecular complexity index is 552. The molecule has 4 heteroatoms. The van der Waals surface area contributed by atoms with Crippen LogP contribution in [0.2, 0.25) is 0 Å². The number of hydrogen-bond donors (Lipinski definition) is 2. The monoisotopic (exact) mass is 245 g/mol. The largest absolute Gasteiger partial charge is 0.354 e. The van der Waals surface area contributed by atoms with Crippen LogP contribution in [0.15, 0.2) is 48.5 Å². The van der Waals surface area contributed by atoms with Crippen LogP contribution in [0.1, 0.15) is 15.9 Å². The van der Waals surface area contributed by atoms with E-state index in [2.05, 4.69) is 11.1 Å². The Balaban J connectivity index is 2.13. The van der Waals surface area contributed by atoms with Crippen LogP contribution in [0.4, 0.5) is 10.1 Å². The summed E-state index contributed by atoms with van der Waals surface area (Å²) in [5.41, 5.74) is 5.98. The Morgan fingerprint density at radius 1 is 1.17 bits per heavy atom. The molecule has 2 rings (SSSR count). The Labute approximate surface area is 104 Å².